The summed E-state index contributed by atoms with van der Waals surface area (Å²) in [6.07, 6.45) is 0. The summed E-state index contributed by atoms with van der Waals surface area (Å²) in [7, 11) is 1.57. The van der Waals surface area contributed by atoms with E-state index in [1.165, 1.54) is 11.1 Å². The molecule has 0 saturated heterocycles. The van der Waals surface area contributed by atoms with Gasteiger partial charge in [-0.05, 0) is 30.2 Å². The number of amides is 1. The zero-order chi connectivity index (χ0) is 16.7. The number of methoxy groups -OCH3 is 1. The van der Waals surface area contributed by atoms with Crippen LogP contribution in [0.1, 0.15) is 16.7 Å². The Balaban J connectivity index is 1.92. The second-order valence-electron chi connectivity index (χ2n) is 5.33. The SMILES string of the molecule is COc1cc(CNCc2ccc(C)cc2)ccc1OCC(N)=O. The van der Waals surface area contributed by atoms with Gasteiger partial charge in [-0.2, -0.15) is 0 Å². The molecule has 2 aromatic rings. The quantitative estimate of drug-likeness (QED) is 0.783. The van der Waals surface area contributed by atoms with Gasteiger partial charge >= 0.3 is 0 Å². The molecule has 0 aliphatic heterocycles. The van der Waals surface area contributed by atoms with E-state index in [1.807, 2.05) is 12.1 Å². The monoisotopic (exact) mass is 314 g/mol. The van der Waals surface area contributed by atoms with Crippen molar-refractivity contribution in [2.24, 2.45) is 5.73 Å². The first-order valence-corrected chi connectivity index (χ1v) is 7.43. The molecule has 1 amide bonds. The molecular formula is C18H22N2O3. The number of nitrogens with one attached hydrogen (secondary N) is 1. The Hall–Kier alpha value is -2.53. The Kier molecular flexibility index (Phi) is 6.00. The number of nitrogens with two attached hydrogens (primary N) is 1. The largest absolute Gasteiger partial charge is 0.493 e. The third kappa shape index (κ3) is 5.30. The Labute approximate surface area is 136 Å². The normalized spacial score (nSPS) is 10.3. The summed E-state index contributed by atoms with van der Waals surface area (Å²) in [6.45, 7) is 3.41. The summed E-state index contributed by atoms with van der Waals surface area (Å²) < 4.78 is 10.6. The lowest BCUT2D eigenvalue weighted by Crippen LogP contribution is -2.20. The highest BCUT2D eigenvalue weighted by Gasteiger charge is 2.07. The van der Waals surface area contributed by atoms with E-state index in [4.69, 9.17) is 15.2 Å². The summed E-state index contributed by atoms with van der Waals surface area (Å²) in [5, 5.41) is 3.39. The zero-order valence-electron chi connectivity index (χ0n) is 13.5. The maximum atomic E-state index is 10.8. The van der Waals surface area contributed by atoms with Gasteiger partial charge in [0.25, 0.3) is 5.91 Å². The van der Waals surface area contributed by atoms with Crippen LogP contribution >= 0.6 is 0 Å². The second kappa shape index (κ2) is 8.19. The van der Waals surface area contributed by atoms with Crippen molar-refractivity contribution in [3.05, 3.63) is 59.2 Å². The number of aryl methyl sites for hydroxylation is 1. The van der Waals surface area contributed by atoms with E-state index in [0.29, 0.717) is 18.0 Å². The van der Waals surface area contributed by atoms with Crippen LogP contribution in [0.3, 0.4) is 0 Å². The molecule has 0 unspecified atom stereocenters. The molecular weight excluding hydrogens is 292 g/mol. The molecule has 0 radical (unpaired) electrons. The van der Waals surface area contributed by atoms with Gasteiger partial charge in [0.1, 0.15) is 0 Å². The van der Waals surface area contributed by atoms with E-state index in [9.17, 15) is 4.79 Å². The van der Waals surface area contributed by atoms with Crippen molar-refractivity contribution in [3.8, 4) is 11.5 Å². The Morgan fingerprint density at radius 2 is 1.70 bits per heavy atom. The van der Waals surface area contributed by atoms with Crippen LogP contribution in [0, 0.1) is 6.92 Å². The lowest BCUT2D eigenvalue weighted by Gasteiger charge is -2.12. The third-order valence-electron chi connectivity index (χ3n) is 3.38. The average molecular weight is 314 g/mol. The van der Waals surface area contributed by atoms with E-state index < -0.39 is 5.91 Å². The molecule has 3 N–H and O–H groups in total. The van der Waals surface area contributed by atoms with Gasteiger partial charge in [0.2, 0.25) is 0 Å². The maximum Gasteiger partial charge on any atom is 0.255 e. The first-order chi connectivity index (χ1) is 11.1. The molecule has 0 aromatic heterocycles. The molecule has 0 aliphatic carbocycles. The number of rotatable bonds is 8. The number of hydrogen-bond acceptors (Lipinski definition) is 4. The molecule has 0 heterocycles. The lowest BCUT2D eigenvalue weighted by atomic mass is 10.1. The number of primary amides is 1. The summed E-state index contributed by atoms with van der Waals surface area (Å²) in [5.41, 5.74) is 8.64. The van der Waals surface area contributed by atoms with Gasteiger partial charge in [-0.25, -0.2) is 0 Å². The highest BCUT2D eigenvalue weighted by Crippen LogP contribution is 2.28. The molecule has 2 aromatic carbocycles. The fraction of sp³-hybridized carbons (Fsp3) is 0.278. The van der Waals surface area contributed by atoms with Gasteiger partial charge in [0, 0.05) is 13.1 Å². The van der Waals surface area contributed by atoms with Gasteiger partial charge in [0.15, 0.2) is 18.1 Å². The molecule has 122 valence electrons. The lowest BCUT2D eigenvalue weighted by molar-refractivity contribution is -0.119. The van der Waals surface area contributed by atoms with E-state index in [-0.39, 0.29) is 6.61 Å². The van der Waals surface area contributed by atoms with Crippen molar-refractivity contribution in [1.29, 1.82) is 0 Å². The van der Waals surface area contributed by atoms with Crippen LogP contribution in [0.5, 0.6) is 11.5 Å². The fourth-order valence-corrected chi connectivity index (χ4v) is 2.15. The zero-order valence-corrected chi connectivity index (χ0v) is 13.5. The van der Waals surface area contributed by atoms with Crippen LogP contribution in [0.15, 0.2) is 42.5 Å². The van der Waals surface area contributed by atoms with E-state index in [0.717, 1.165) is 12.1 Å². The van der Waals surface area contributed by atoms with Gasteiger partial charge in [-0.15, -0.1) is 0 Å². The molecule has 0 saturated carbocycles. The minimum atomic E-state index is -0.518. The predicted octanol–water partition coefficient (Wildman–Crippen LogP) is 2.16. The van der Waals surface area contributed by atoms with Crippen LogP contribution in [0.2, 0.25) is 0 Å². The van der Waals surface area contributed by atoms with Crippen molar-refractivity contribution in [2.75, 3.05) is 13.7 Å². The Morgan fingerprint density at radius 3 is 2.35 bits per heavy atom. The summed E-state index contributed by atoms with van der Waals surface area (Å²) in [6, 6.07) is 14.0. The first kappa shape index (κ1) is 16.8. The smallest absolute Gasteiger partial charge is 0.255 e. The summed E-state index contributed by atoms with van der Waals surface area (Å²) >= 11 is 0. The van der Waals surface area contributed by atoms with Crippen LogP contribution in [0.25, 0.3) is 0 Å². The second-order valence-corrected chi connectivity index (χ2v) is 5.33. The highest BCUT2D eigenvalue weighted by atomic mass is 16.5. The van der Waals surface area contributed by atoms with E-state index in [1.54, 1.807) is 13.2 Å². The Morgan fingerprint density at radius 1 is 1.04 bits per heavy atom. The molecule has 0 spiro atoms. The van der Waals surface area contributed by atoms with Crippen LogP contribution in [-0.4, -0.2) is 19.6 Å². The van der Waals surface area contributed by atoms with Gasteiger partial charge in [-0.3, -0.25) is 4.79 Å². The van der Waals surface area contributed by atoms with Crippen molar-refractivity contribution in [2.45, 2.75) is 20.0 Å². The average Bonchev–Trinajstić information content (AvgIpc) is 2.55. The van der Waals surface area contributed by atoms with Crippen molar-refractivity contribution in [1.82, 2.24) is 5.32 Å². The molecule has 2 rings (SSSR count). The minimum absolute atomic E-state index is 0.165. The number of carbonyl (C=O) groups excluding carboxylic acids is 1. The summed E-state index contributed by atoms with van der Waals surface area (Å²) in [5.74, 6) is 0.574. The van der Waals surface area contributed by atoms with Crippen molar-refractivity contribution >= 4 is 5.91 Å². The van der Waals surface area contributed by atoms with Gasteiger partial charge < -0.3 is 20.5 Å². The maximum absolute atomic E-state index is 10.8. The van der Waals surface area contributed by atoms with Crippen molar-refractivity contribution in [3.63, 3.8) is 0 Å². The van der Waals surface area contributed by atoms with Crippen LogP contribution < -0.4 is 20.5 Å². The Bertz CT molecular complexity index is 654. The van der Waals surface area contributed by atoms with Gasteiger partial charge in [0.05, 0.1) is 7.11 Å². The van der Waals surface area contributed by atoms with Crippen molar-refractivity contribution < 1.29 is 14.3 Å². The third-order valence-corrected chi connectivity index (χ3v) is 3.38. The predicted molar refractivity (Wildman–Crippen MR) is 89.4 cm³/mol. The standard InChI is InChI=1S/C18H22N2O3/c1-13-3-5-14(6-4-13)10-20-11-15-7-8-16(17(9-15)22-2)23-12-18(19)21/h3-9,20H,10-12H2,1-2H3,(H2,19,21). The van der Waals surface area contributed by atoms with Gasteiger partial charge in [-0.1, -0.05) is 35.9 Å². The molecule has 0 aliphatic rings. The molecule has 23 heavy (non-hydrogen) atoms. The van der Waals surface area contributed by atoms with E-state index >= 15 is 0 Å². The highest BCUT2D eigenvalue weighted by molar-refractivity contribution is 5.75. The number of ether oxygens (including phenoxy) is 2. The topological polar surface area (TPSA) is 73.6 Å². The molecule has 5 nitrogen and oxygen atoms in total. The number of carbonyl (C=O) groups is 1. The first-order valence-electron chi connectivity index (χ1n) is 7.43. The molecule has 0 fully saturated rings. The molecule has 0 atom stereocenters. The number of hydrogen-bond donors (Lipinski definition) is 2. The summed E-state index contributed by atoms with van der Waals surface area (Å²) in [4.78, 5) is 10.8. The number of benzene rings is 2. The van der Waals surface area contributed by atoms with Crippen LogP contribution in [0.4, 0.5) is 0 Å². The molecule has 0 bridgehead atoms. The van der Waals surface area contributed by atoms with Crippen LogP contribution in [-0.2, 0) is 17.9 Å². The fourth-order valence-electron chi connectivity index (χ4n) is 2.15. The minimum Gasteiger partial charge on any atom is -0.493 e. The van der Waals surface area contributed by atoms with E-state index in [2.05, 4.69) is 36.5 Å². The molecule has 5 heteroatoms.